The van der Waals surface area contributed by atoms with Crippen LogP contribution in [0.15, 0.2) is 36.4 Å². The number of benzene rings is 2. The van der Waals surface area contributed by atoms with Crippen molar-refractivity contribution in [2.75, 3.05) is 5.32 Å². The number of fused-ring (bicyclic) bond motifs is 2. The van der Waals surface area contributed by atoms with Gasteiger partial charge in [0.2, 0.25) is 0 Å². The minimum Gasteiger partial charge on any atom is -0.508 e. The van der Waals surface area contributed by atoms with E-state index in [4.69, 9.17) is 19.4 Å². The molecule has 0 fully saturated rings. The molecule has 2 aromatic rings. The number of carbonyl (C=O) groups is 2. The van der Waals surface area contributed by atoms with Gasteiger partial charge in [-0.2, -0.15) is 0 Å². The van der Waals surface area contributed by atoms with Crippen molar-refractivity contribution in [3.63, 3.8) is 0 Å². The number of hydrogen-bond donors (Lipinski definition) is 3. The number of phenols is 1. The van der Waals surface area contributed by atoms with Crippen LogP contribution in [-0.2, 0) is 4.79 Å². The zero-order valence-electron chi connectivity index (χ0n) is 12.4. The maximum absolute atomic E-state index is 12.2. The minimum atomic E-state index is -0.683. The quantitative estimate of drug-likeness (QED) is 0.733. The molecule has 0 aliphatic carbocycles. The molecule has 2 aromatic carbocycles. The van der Waals surface area contributed by atoms with Gasteiger partial charge in [-0.25, -0.2) is 0 Å². The Hall–Kier alpha value is -2.47. The Morgan fingerprint density at radius 3 is 2.67 bits per heavy atom. The Labute approximate surface area is 144 Å². The Morgan fingerprint density at radius 1 is 1.12 bits per heavy atom. The molecule has 0 saturated heterocycles. The number of halogens is 1. The first-order valence-corrected chi connectivity index (χ1v) is 7.82. The number of nitrogens with one attached hydrogen (secondary N) is 2. The van der Waals surface area contributed by atoms with Crippen LogP contribution in [0.25, 0.3) is 0 Å². The summed E-state index contributed by atoms with van der Waals surface area (Å²) in [5.41, 5.74) is 2.18. The lowest BCUT2D eigenvalue weighted by molar-refractivity contribution is -0.112. The fraction of sp³-hybridized carbons (Fsp3) is 0.176. The first-order valence-electron chi connectivity index (χ1n) is 7.45. The summed E-state index contributed by atoms with van der Waals surface area (Å²) in [6.07, 6.45) is 0. The van der Waals surface area contributed by atoms with Crippen molar-refractivity contribution in [2.45, 2.75) is 18.0 Å². The summed E-state index contributed by atoms with van der Waals surface area (Å²) in [5.74, 6) is -0.597. The molecule has 3 atom stereocenters. The van der Waals surface area contributed by atoms with Gasteiger partial charge in [-0.3, -0.25) is 4.79 Å². The van der Waals surface area contributed by atoms with Crippen LogP contribution in [0, 0.1) is 0 Å². The minimum absolute atomic E-state index is 0.0585. The molecule has 0 saturated carbocycles. The predicted molar refractivity (Wildman–Crippen MR) is 90.7 cm³/mol. The molecule has 3 N–H and O–H groups in total. The van der Waals surface area contributed by atoms with E-state index in [0.29, 0.717) is 16.1 Å². The van der Waals surface area contributed by atoms with Gasteiger partial charge in [0, 0.05) is 22.2 Å². The maximum atomic E-state index is 12.2. The van der Waals surface area contributed by atoms with E-state index >= 15 is 0 Å². The molecule has 2 heterocycles. The molecule has 0 bridgehead atoms. The SMILES string of the molecule is [B]C(=O)C1Nc2ccc(Cl)cc2C1C1NC(=O)c2ccc(O)cc21. The van der Waals surface area contributed by atoms with Crippen molar-refractivity contribution in [3.8, 4) is 5.75 Å². The molecule has 5 nitrogen and oxygen atoms in total. The number of anilines is 1. The third-order valence-corrected chi connectivity index (χ3v) is 4.85. The van der Waals surface area contributed by atoms with Crippen LogP contribution in [-0.4, -0.2) is 30.6 Å². The van der Waals surface area contributed by atoms with Crippen molar-refractivity contribution in [1.29, 1.82) is 0 Å². The van der Waals surface area contributed by atoms with Crippen molar-refractivity contribution in [1.82, 2.24) is 5.32 Å². The van der Waals surface area contributed by atoms with Crippen molar-refractivity contribution in [2.24, 2.45) is 0 Å². The Balaban J connectivity index is 1.86. The van der Waals surface area contributed by atoms with Crippen molar-refractivity contribution in [3.05, 3.63) is 58.1 Å². The van der Waals surface area contributed by atoms with Gasteiger partial charge in [-0.15, -0.1) is 0 Å². The van der Waals surface area contributed by atoms with E-state index in [-0.39, 0.29) is 11.7 Å². The van der Waals surface area contributed by atoms with Crippen molar-refractivity contribution >= 4 is 36.7 Å². The van der Waals surface area contributed by atoms with E-state index in [9.17, 15) is 14.7 Å². The summed E-state index contributed by atoms with van der Waals surface area (Å²) >= 11 is 6.11. The number of hydrogen-bond acceptors (Lipinski definition) is 4. The summed E-state index contributed by atoms with van der Waals surface area (Å²) < 4.78 is 0. The number of phenolic OH excluding ortho intramolecular Hbond substituents is 1. The van der Waals surface area contributed by atoms with Crippen LogP contribution in [0.5, 0.6) is 5.75 Å². The molecular formula is C17H12BClN2O3. The summed E-state index contributed by atoms with van der Waals surface area (Å²) in [7, 11) is 5.56. The zero-order valence-corrected chi connectivity index (χ0v) is 13.2. The number of aromatic hydroxyl groups is 1. The fourth-order valence-electron chi connectivity index (χ4n) is 3.59. The van der Waals surface area contributed by atoms with Gasteiger partial charge in [0.05, 0.1) is 17.8 Å². The molecule has 7 heteroatoms. The first-order chi connectivity index (χ1) is 11.5. The molecule has 0 aromatic heterocycles. The van der Waals surface area contributed by atoms with E-state index in [1.807, 2.05) is 0 Å². The zero-order chi connectivity index (χ0) is 17.0. The lowest BCUT2D eigenvalue weighted by atomic mass is 9.79. The summed E-state index contributed by atoms with van der Waals surface area (Å²) in [6.45, 7) is 0. The highest BCUT2D eigenvalue weighted by Crippen LogP contribution is 2.47. The van der Waals surface area contributed by atoms with Gasteiger partial charge >= 0.3 is 0 Å². The molecule has 0 spiro atoms. The van der Waals surface area contributed by atoms with E-state index in [2.05, 4.69) is 10.6 Å². The highest BCUT2D eigenvalue weighted by Gasteiger charge is 2.44. The summed E-state index contributed by atoms with van der Waals surface area (Å²) in [6, 6.07) is 8.68. The van der Waals surface area contributed by atoms with Crippen LogP contribution in [0.4, 0.5) is 5.69 Å². The monoisotopic (exact) mass is 338 g/mol. The maximum Gasteiger partial charge on any atom is 0.252 e. The average molecular weight is 339 g/mol. The Bertz CT molecular complexity index is 886. The largest absolute Gasteiger partial charge is 0.508 e. The summed E-state index contributed by atoms with van der Waals surface area (Å²) in [4.78, 5) is 24.2. The number of amides is 1. The van der Waals surface area contributed by atoms with Crippen LogP contribution >= 0.6 is 11.6 Å². The van der Waals surface area contributed by atoms with Crippen LogP contribution in [0.1, 0.15) is 33.4 Å². The van der Waals surface area contributed by atoms with E-state index in [0.717, 1.165) is 11.3 Å². The van der Waals surface area contributed by atoms with E-state index < -0.39 is 23.7 Å². The molecule has 2 aliphatic heterocycles. The normalized spacial score (nSPS) is 24.0. The Morgan fingerprint density at radius 2 is 1.92 bits per heavy atom. The molecule has 2 radical (unpaired) electrons. The highest BCUT2D eigenvalue weighted by atomic mass is 35.5. The van der Waals surface area contributed by atoms with Crippen LogP contribution in [0.3, 0.4) is 0 Å². The van der Waals surface area contributed by atoms with E-state index in [1.54, 1.807) is 30.3 Å². The molecule has 2 aliphatic rings. The predicted octanol–water partition coefficient (Wildman–Crippen LogP) is 2.10. The highest BCUT2D eigenvalue weighted by molar-refractivity contribution is 6.59. The smallest absolute Gasteiger partial charge is 0.252 e. The Kier molecular flexibility index (Phi) is 3.32. The standard InChI is InChI=1S/C17H12BClN2O3/c18-16(23)15-13(11-5-7(19)1-4-12(11)20-15)14-10-6-8(22)2-3-9(10)17(24)21-14/h1-6,13-15,20,22H,(H,21,24). The topological polar surface area (TPSA) is 78.4 Å². The number of carbonyl (C=O) groups excluding carboxylic acids is 2. The second-order valence-corrected chi connectivity index (χ2v) is 6.44. The first kappa shape index (κ1) is 15.1. The van der Waals surface area contributed by atoms with Crippen LogP contribution in [0.2, 0.25) is 5.02 Å². The van der Waals surface area contributed by atoms with Gasteiger partial charge < -0.3 is 20.5 Å². The third-order valence-electron chi connectivity index (χ3n) is 4.61. The third kappa shape index (κ3) is 2.18. The molecule has 4 rings (SSSR count). The second kappa shape index (κ2) is 5.28. The summed E-state index contributed by atoms with van der Waals surface area (Å²) in [5, 5.41) is 16.3. The molecule has 118 valence electrons. The fourth-order valence-corrected chi connectivity index (χ4v) is 3.77. The van der Waals surface area contributed by atoms with Crippen LogP contribution < -0.4 is 10.6 Å². The lowest BCUT2D eigenvalue weighted by Crippen LogP contribution is -2.37. The van der Waals surface area contributed by atoms with Gasteiger partial charge in [0.25, 0.3) is 5.91 Å². The molecular weight excluding hydrogens is 326 g/mol. The van der Waals surface area contributed by atoms with E-state index in [1.165, 1.54) is 6.07 Å². The second-order valence-electron chi connectivity index (χ2n) is 6.00. The molecule has 24 heavy (non-hydrogen) atoms. The number of rotatable bonds is 2. The van der Waals surface area contributed by atoms with Gasteiger partial charge in [-0.1, -0.05) is 11.6 Å². The van der Waals surface area contributed by atoms with Gasteiger partial charge in [0.15, 0.2) is 7.85 Å². The van der Waals surface area contributed by atoms with Gasteiger partial charge in [0.1, 0.15) is 5.75 Å². The average Bonchev–Trinajstić information content (AvgIpc) is 3.05. The molecule has 1 amide bonds. The lowest BCUT2D eigenvalue weighted by Gasteiger charge is -2.25. The van der Waals surface area contributed by atoms with Gasteiger partial charge in [-0.05, 0) is 47.5 Å². The molecule has 3 unspecified atom stereocenters. The van der Waals surface area contributed by atoms with Crippen molar-refractivity contribution < 1.29 is 14.7 Å².